The largest absolute Gasteiger partial charge is 0.0842 e. The van der Waals surface area contributed by atoms with Gasteiger partial charge in [0.25, 0.3) is 0 Å². The van der Waals surface area contributed by atoms with E-state index in [2.05, 4.69) is 49.5 Å². The molecule has 0 spiro atoms. The van der Waals surface area contributed by atoms with Crippen LogP contribution in [0.2, 0.25) is 0 Å². The average Bonchev–Trinajstić information content (AvgIpc) is 2.14. The fraction of sp³-hybridized carbons (Fsp3) is 0.333. The molecule has 0 heteroatoms. The normalized spacial score (nSPS) is 29.9. The van der Waals surface area contributed by atoms with Gasteiger partial charge < -0.3 is 0 Å². The predicted molar refractivity (Wildman–Crippen MR) is 55.0 cm³/mol. The molecule has 0 nitrogen and oxygen atoms in total. The van der Waals surface area contributed by atoms with Crippen LogP contribution in [0.1, 0.15) is 26.2 Å². The van der Waals surface area contributed by atoms with Crippen LogP contribution in [0.4, 0.5) is 0 Å². The van der Waals surface area contributed by atoms with Crippen LogP contribution in [0.5, 0.6) is 0 Å². The predicted octanol–water partition coefficient (Wildman–Crippen LogP) is 3.79. The minimum absolute atomic E-state index is 1.12. The van der Waals surface area contributed by atoms with Crippen molar-refractivity contribution in [1.82, 2.24) is 0 Å². The molecule has 12 heavy (non-hydrogen) atoms. The molecular weight excluding hydrogens is 144 g/mol. The molecule has 1 rings (SSSR count). The summed E-state index contributed by atoms with van der Waals surface area (Å²) < 4.78 is 0. The second kappa shape index (κ2) is 5.59. The van der Waals surface area contributed by atoms with Crippen molar-refractivity contribution in [3.8, 4) is 0 Å². The third-order valence-corrected chi connectivity index (χ3v) is 1.91. The molecule has 0 N–H and O–H groups in total. The lowest BCUT2D eigenvalue weighted by Gasteiger charge is -1.95. The number of hydrogen-bond acceptors (Lipinski definition) is 0. The molecule has 0 unspecified atom stereocenters. The maximum absolute atomic E-state index is 2.25. The fourth-order valence-corrected chi connectivity index (χ4v) is 1.14. The summed E-state index contributed by atoms with van der Waals surface area (Å²) in [4.78, 5) is 0. The first-order valence-corrected chi connectivity index (χ1v) is 4.62. The second-order valence-corrected chi connectivity index (χ2v) is 2.89. The van der Waals surface area contributed by atoms with Crippen LogP contribution in [0.3, 0.4) is 0 Å². The zero-order valence-corrected chi connectivity index (χ0v) is 7.66. The molecule has 1 aliphatic carbocycles. The minimum Gasteiger partial charge on any atom is -0.0842 e. The van der Waals surface area contributed by atoms with E-state index in [-0.39, 0.29) is 0 Å². The van der Waals surface area contributed by atoms with E-state index in [0.29, 0.717) is 0 Å². The Morgan fingerprint density at radius 3 is 2.75 bits per heavy atom. The molecular formula is C12H16. The highest BCUT2D eigenvalue weighted by atomic mass is 13.9. The first-order valence-electron chi connectivity index (χ1n) is 4.62. The monoisotopic (exact) mass is 160 g/mol. The summed E-state index contributed by atoms with van der Waals surface area (Å²) in [6.07, 6.45) is 18.6. The van der Waals surface area contributed by atoms with Gasteiger partial charge in [-0.25, -0.2) is 0 Å². The summed E-state index contributed by atoms with van der Waals surface area (Å²) in [7, 11) is 0. The van der Waals surface area contributed by atoms with Gasteiger partial charge in [-0.3, -0.25) is 0 Å². The number of hydrogen-bond donors (Lipinski definition) is 0. The lowest BCUT2D eigenvalue weighted by atomic mass is 10.1. The van der Waals surface area contributed by atoms with Gasteiger partial charge >= 0.3 is 0 Å². The maximum Gasteiger partial charge on any atom is -0.0308 e. The van der Waals surface area contributed by atoms with Crippen molar-refractivity contribution in [1.29, 1.82) is 0 Å². The zero-order valence-electron chi connectivity index (χ0n) is 7.66. The van der Waals surface area contributed by atoms with Crippen LogP contribution in [0.15, 0.2) is 48.1 Å². The Morgan fingerprint density at radius 1 is 1.08 bits per heavy atom. The molecule has 0 saturated heterocycles. The van der Waals surface area contributed by atoms with E-state index >= 15 is 0 Å². The smallest absolute Gasteiger partial charge is 0.0308 e. The summed E-state index contributed by atoms with van der Waals surface area (Å²) in [5, 5.41) is 0. The van der Waals surface area contributed by atoms with Gasteiger partial charge in [0.15, 0.2) is 0 Å². The molecule has 0 bridgehead atoms. The minimum atomic E-state index is 1.12. The zero-order chi connectivity index (χ0) is 8.65. The standard InChI is InChI=1S/C12H16/c1-2-12-10-8-6-4-3-5-7-9-11-12/h3-4,6,8-11H,2,5,7H2,1H3/b4-3-,8-6+,11-9-,12-10-. The van der Waals surface area contributed by atoms with Gasteiger partial charge in [0.05, 0.1) is 0 Å². The Balaban J connectivity index is 2.69. The summed E-state index contributed by atoms with van der Waals surface area (Å²) in [6, 6.07) is 0. The van der Waals surface area contributed by atoms with E-state index in [1.165, 1.54) is 5.57 Å². The Hall–Kier alpha value is -1.04. The molecule has 0 radical (unpaired) electrons. The van der Waals surface area contributed by atoms with Crippen molar-refractivity contribution in [3.05, 3.63) is 48.1 Å². The molecule has 0 aromatic heterocycles. The fourth-order valence-electron chi connectivity index (χ4n) is 1.14. The van der Waals surface area contributed by atoms with Crippen LogP contribution in [0.25, 0.3) is 0 Å². The molecule has 0 aromatic carbocycles. The van der Waals surface area contributed by atoms with E-state index in [0.717, 1.165) is 19.3 Å². The molecule has 0 saturated carbocycles. The molecule has 0 fully saturated rings. The Kier molecular flexibility index (Phi) is 4.22. The van der Waals surface area contributed by atoms with Crippen molar-refractivity contribution in [2.75, 3.05) is 0 Å². The van der Waals surface area contributed by atoms with Crippen molar-refractivity contribution < 1.29 is 0 Å². The van der Waals surface area contributed by atoms with Crippen molar-refractivity contribution >= 4 is 0 Å². The highest BCUT2D eigenvalue weighted by Crippen LogP contribution is 2.06. The highest BCUT2D eigenvalue weighted by molar-refractivity contribution is 5.25. The number of rotatable bonds is 1. The second-order valence-electron chi connectivity index (χ2n) is 2.89. The van der Waals surface area contributed by atoms with Gasteiger partial charge in [-0.05, 0) is 24.8 Å². The summed E-state index contributed by atoms with van der Waals surface area (Å²) in [6.45, 7) is 2.19. The molecule has 0 aliphatic heterocycles. The Bertz CT molecular complexity index is 226. The van der Waals surface area contributed by atoms with E-state index in [1.54, 1.807) is 0 Å². The molecule has 1 aliphatic rings. The first kappa shape index (κ1) is 9.05. The van der Waals surface area contributed by atoms with Gasteiger partial charge in [0.1, 0.15) is 0 Å². The lowest BCUT2D eigenvalue weighted by Crippen LogP contribution is -1.75. The van der Waals surface area contributed by atoms with Crippen LogP contribution in [0, 0.1) is 0 Å². The first-order chi connectivity index (χ1) is 5.93. The van der Waals surface area contributed by atoms with Crippen LogP contribution >= 0.6 is 0 Å². The van der Waals surface area contributed by atoms with Crippen molar-refractivity contribution in [2.45, 2.75) is 26.2 Å². The van der Waals surface area contributed by atoms with Gasteiger partial charge in [-0.2, -0.15) is 0 Å². The maximum atomic E-state index is 2.25. The summed E-state index contributed by atoms with van der Waals surface area (Å²) in [5.74, 6) is 0. The molecule has 0 aromatic rings. The van der Waals surface area contributed by atoms with Crippen LogP contribution < -0.4 is 0 Å². The van der Waals surface area contributed by atoms with E-state index in [1.807, 2.05) is 0 Å². The quantitative estimate of drug-likeness (QED) is 0.547. The Labute approximate surface area is 75.0 Å². The van der Waals surface area contributed by atoms with Gasteiger partial charge in [-0.15, -0.1) is 0 Å². The topological polar surface area (TPSA) is 0 Å². The number of allylic oxidation sites excluding steroid dienone is 8. The third kappa shape index (κ3) is 3.38. The van der Waals surface area contributed by atoms with E-state index in [9.17, 15) is 0 Å². The average molecular weight is 160 g/mol. The van der Waals surface area contributed by atoms with E-state index in [4.69, 9.17) is 0 Å². The van der Waals surface area contributed by atoms with Gasteiger partial charge in [-0.1, -0.05) is 49.5 Å². The summed E-state index contributed by atoms with van der Waals surface area (Å²) in [5.41, 5.74) is 1.40. The van der Waals surface area contributed by atoms with E-state index < -0.39 is 0 Å². The molecule has 64 valence electrons. The molecule has 0 heterocycles. The van der Waals surface area contributed by atoms with Crippen molar-refractivity contribution in [3.63, 3.8) is 0 Å². The van der Waals surface area contributed by atoms with Gasteiger partial charge in [0.2, 0.25) is 0 Å². The third-order valence-electron chi connectivity index (χ3n) is 1.91. The van der Waals surface area contributed by atoms with Crippen LogP contribution in [-0.4, -0.2) is 0 Å². The summed E-state index contributed by atoms with van der Waals surface area (Å²) >= 11 is 0. The Morgan fingerprint density at radius 2 is 1.92 bits per heavy atom. The van der Waals surface area contributed by atoms with Crippen molar-refractivity contribution in [2.24, 2.45) is 0 Å². The molecule has 0 amide bonds. The van der Waals surface area contributed by atoms with Gasteiger partial charge in [0, 0.05) is 0 Å². The molecule has 0 atom stereocenters. The highest BCUT2D eigenvalue weighted by Gasteiger charge is 1.85. The lowest BCUT2D eigenvalue weighted by molar-refractivity contribution is 1.04. The van der Waals surface area contributed by atoms with Crippen LogP contribution in [-0.2, 0) is 0 Å². The SMILES string of the molecule is CCC1=C/C=C/C=C\CC/C=C\1.